The summed E-state index contributed by atoms with van der Waals surface area (Å²) >= 11 is 0. The summed E-state index contributed by atoms with van der Waals surface area (Å²) in [5, 5.41) is 0. The van der Waals surface area contributed by atoms with E-state index in [1.165, 1.54) is 24.8 Å². The lowest BCUT2D eigenvalue weighted by atomic mass is 9.73. The lowest BCUT2D eigenvalue weighted by Gasteiger charge is -2.33. The summed E-state index contributed by atoms with van der Waals surface area (Å²) in [5.74, 6) is 2.57. The molecular formula is C12H23N. The molecule has 1 heteroatoms. The molecule has 2 N–H and O–H groups in total. The molecule has 0 fully saturated rings. The van der Waals surface area contributed by atoms with Gasteiger partial charge in [0.05, 0.1) is 0 Å². The fourth-order valence-corrected chi connectivity index (χ4v) is 2.46. The molecule has 0 aliphatic heterocycles. The van der Waals surface area contributed by atoms with E-state index < -0.39 is 0 Å². The van der Waals surface area contributed by atoms with Crippen molar-refractivity contribution in [3.05, 3.63) is 11.6 Å². The fourth-order valence-electron chi connectivity index (χ4n) is 2.46. The highest BCUT2D eigenvalue weighted by molar-refractivity contribution is 5.10. The molecule has 1 rings (SSSR count). The van der Waals surface area contributed by atoms with Crippen LogP contribution in [0.2, 0.25) is 0 Å². The highest BCUT2D eigenvalue weighted by Crippen LogP contribution is 2.36. The predicted molar refractivity (Wildman–Crippen MR) is 58.5 cm³/mol. The van der Waals surface area contributed by atoms with E-state index in [1.807, 2.05) is 0 Å². The molecule has 0 saturated heterocycles. The molecule has 2 unspecified atom stereocenters. The molecule has 0 amide bonds. The average molecular weight is 181 g/mol. The molecule has 1 aliphatic carbocycles. The van der Waals surface area contributed by atoms with Crippen LogP contribution in [-0.4, -0.2) is 6.54 Å². The van der Waals surface area contributed by atoms with Gasteiger partial charge >= 0.3 is 0 Å². The zero-order valence-corrected chi connectivity index (χ0v) is 9.22. The fraction of sp³-hybridized carbons (Fsp3) is 0.833. The molecule has 0 aromatic rings. The van der Waals surface area contributed by atoms with Crippen molar-refractivity contribution in [3.8, 4) is 0 Å². The van der Waals surface area contributed by atoms with Crippen LogP contribution in [-0.2, 0) is 0 Å². The van der Waals surface area contributed by atoms with Crippen LogP contribution in [0.25, 0.3) is 0 Å². The summed E-state index contributed by atoms with van der Waals surface area (Å²) in [7, 11) is 0. The maximum Gasteiger partial charge on any atom is 0.0136 e. The van der Waals surface area contributed by atoms with Crippen LogP contribution in [0, 0.1) is 17.8 Å². The van der Waals surface area contributed by atoms with Crippen molar-refractivity contribution in [1.29, 1.82) is 0 Å². The third-order valence-electron chi connectivity index (χ3n) is 3.46. The van der Waals surface area contributed by atoms with E-state index in [4.69, 9.17) is 5.73 Å². The van der Waals surface area contributed by atoms with Gasteiger partial charge in [0.1, 0.15) is 0 Å². The van der Waals surface area contributed by atoms with Gasteiger partial charge in [0.25, 0.3) is 0 Å². The normalized spacial score (nSPS) is 29.2. The molecule has 0 aromatic carbocycles. The van der Waals surface area contributed by atoms with Gasteiger partial charge in [-0.2, -0.15) is 0 Å². The summed E-state index contributed by atoms with van der Waals surface area (Å²) in [6.07, 6.45) is 6.18. The maximum atomic E-state index is 5.68. The van der Waals surface area contributed by atoms with E-state index in [1.54, 1.807) is 0 Å². The van der Waals surface area contributed by atoms with Crippen molar-refractivity contribution in [2.75, 3.05) is 6.54 Å². The first-order chi connectivity index (χ1) is 6.19. The summed E-state index contributed by atoms with van der Waals surface area (Å²) in [6, 6.07) is 0. The second-order valence-corrected chi connectivity index (χ2v) is 4.58. The molecule has 13 heavy (non-hydrogen) atoms. The van der Waals surface area contributed by atoms with Crippen molar-refractivity contribution in [2.45, 2.75) is 40.0 Å². The Bertz CT molecular complexity index is 182. The van der Waals surface area contributed by atoms with Gasteiger partial charge in [-0.1, -0.05) is 38.8 Å². The van der Waals surface area contributed by atoms with Gasteiger partial charge in [-0.15, -0.1) is 0 Å². The average Bonchev–Trinajstić information content (AvgIpc) is 2.16. The second kappa shape index (κ2) is 4.80. The Kier molecular flexibility index (Phi) is 3.98. The van der Waals surface area contributed by atoms with Gasteiger partial charge in [0.2, 0.25) is 0 Å². The largest absolute Gasteiger partial charge is 0.327 e. The number of hydrogen-bond donors (Lipinski definition) is 1. The second-order valence-electron chi connectivity index (χ2n) is 4.58. The van der Waals surface area contributed by atoms with Crippen molar-refractivity contribution in [1.82, 2.24) is 0 Å². The molecule has 0 radical (unpaired) electrons. The molecule has 0 heterocycles. The standard InChI is InChI=1S/C12H23N/c1-4-11-6-5-10(8-13)7-12(11)9(2)3/h5,9,11-12H,4,6-8,13H2,1-3H3. The summed E-state index contributed by atoms with van der Waals surface area (Å²) < 4.78 is 0. The smallest absolute Gasteiger partial charge is 0.0136 e. The number of hydrogen-bond acceptors (Lipinski definition) is 1. The van der Waals surface area contributed by atoms with E-state index in [2.05, 4.69) is 26.8 Å². The van der Waals surface area contributed by atoms with E-state index in [0.29, 0.717) is 0 Å². The lowest BCUT2D eigenvalue weighted by Crippen LogP contribution is -2.25. The minimum Gasteiger partial charge on any atom is -0.327 e. The van der Waals surface area contributed by atoms with E-state index in [9.17, 15) is 0 Å². The third kappa shape index (κ3) is 2.57. The quantitative estimate of drug-likeness (QED) is 0.666. The Hall–Kier alpha value is -0.300. The molecular weight excluding hydrogens is 158 g/mol. The lowest BCUT2D eigenvalue weighted by molar-refractivity contribution is 0.233. The summed E-state index contributed by atoms with van der Waals surface area (Å²) in [5.41, 5.74) is 7.16. The highest BCUT2D eigenvalue weighted by atomic mass is 14.5. The van der Waals surface area contributed by atoms with Crippen molar-refractivity contribution >= 4 is 0 Å². The SMILES string of the molecule is CCC1CC=C(CN)CC1C(C)C. The minimum atomic E-state index is 0.764. The van der Waals surface area contributed by atoms with Crippen LogP contribution < -0.4 is 5.73 Å². The zero-order chi connectivity index (χ0) is 9.84. The van der Waals surface area contributed by atoms with Crippen molar-refractivity contribution < 1.29 is 0 Å². The number of nitrogens with two attached hydrogens (primary N) is 1. The molecule has 2 atom stereocenters. The van der Waals surface area contributed by atoms with Gasteiger partial charge in [-0.3, -0.25) is 0 Å². The third-order valence-corrected chi connectivity index (χ3v) is 3.46. The van der Waals surface area contributed by atoms with Gasteiger partial charge in [0.15, 0.2) is 0 Å². The summed E-state index contributed by atoms with van der Waals surface area (Å²) in [4.78, 5) is 0. The first-order valence-corrected chi connectivity index (χ1v) is 5.57. The topological polar surface area (TPSA) is 26.0 Å². The van der Waals surface area contributed by atoms with E-state index >= 15 is 0 Å². The van der Waals surface area contributed by atoms with Crippen LogP contribution in [0.15, 0.2) is 11.6 Å². The van der Waals surface area contributed by atoms with Gasteiger partial charge in [0, 0.05) is 6.54 Å². The van der Waals surface area contributed by atoms with Crippen LogP contribution >= 0.6 is 0 Å². The molecule has 76 valence electrons. The number of allylic oxidation sites excluding steroid dienone is 1. The Morgan fingerprint density at radius 1 is 1.54 bits per heavy atom. The highest BCUT2D eigenvalue weighted by Gasteiger charge is 2.26. The molecule has 1 aliphatic rings. The predicted octanol–water partition coefficient (Wildman–Crippen LogP) is 2.96. The molecule has 0 aromatic heterocycles. The van der Waals surface area contributed by atoms with E-state index in [-0.39, 0.29) is 0 Å². The molecule has 0 spiro atoms. The van der Waals surface area contributed by atoms with Crippen LogP contribution in [0.4, 0.5) is 0 Å². The Morgan fingerprint density at radius 3 is 2.69 bits per heavy atom. The van der Waals surface area contributed by atoms with E-state index in [0.717, 1.165) is 24.3 Å². The zero-order valence-electron chi connectivity index (χ0n) is 9.22. The molecule has 0 bridgehead atoms. The first-order valence-electron chi connectivity index (χ1n) is 5.57. The van der Waals surface area contributed by atoms with Crippen LogP contribution in [0.5, 0.6) is 0 Å². The summed E-state index contributed by atoms with van der Waals surface area (Å²) in [6.45, 7) is 7.75. The molecule has 1 nitrogen and oxygen atoms in total. The van der Waals surface area contributed by atoms with Crippen LogP contribution in [0.3, 0.4) is 0 Å². The Labute approximate surface area is 82.4 Å². The van der Waals surface area contributed by atoms with Gasteiger partial charge in [-0.25, -0.2) is 0 Å². The number of rotatable bonds is 3. The monoisotopic (exact) mass is 181 g/mol. The first kappa shape index (κ1) is 10.8. The minimum absolute atomic E-state index is 0.764. The Balaban J connectivity index is 2.64. The van der Waals surface area contributed by atoms with Crippen molar-refractivity contribution in [2.24, 2.45) is 23.5 Å². The van der Waals surface area contributed by atoms with Gasteiger partial charge < -0.3 is 5.73 Å². The molecule has 0 saturated carbocycles. The maximum absolute atomic E-state index is 5.68. The van der Waals surface area contributed by atoms with Gasteiger partial charge in [-0.05, 0) is 30.6 Å². The Morgan fingerprint density at radius 2 is 2.23 bits per heavy atom. The van der Waals surface area contributed by atoms with Crippen molar-refractivity contribution in [3.63, 3.8) is 0 Å². The van der Waals surface area contributed by atoms with Crippen LogP contribution in [0.1, 0.15) is 40.0 Å².